The van der Waals surface area contributed by atoms with E-state index in [1.54, 1.807) is 11.3 Å². The molecule has 1 aliphatic heterocycles. The molecule has 1 saturated heterocycles. The average Bonchev–Trinajstić information content (AvgIpc) is 3.22. The second-order valence-corrected chi connectivity index (χ2v) is 8.79. The van der Waals surface area contributed by atoms with Gasteiger partial charge in [0.05, 0.1) is 26.3 Å². The normalized spacial score (nSPS) is 16.9. The van der Waals surface area contributed by atoms with Crippen molar-refractivity contribution in [3.63, 3.8) is 0 Å². The fourth-order valence-corrected chi connectivity index (χ4v) is 5.18. The van der Waals surface area contributed by atoms with Crippen LogP contribution in [0, 0.1) is 0 Å². The van der Waals surface area contributed by atoms with Gasteiger partial charge in [-0.15, -0.1) is 11.3 Å². The molecule has 1 amide bonds. The van der Waals surface area contributed by atoms with Gasteiger partial charge >= 0.3 is 0 Å². The molecule has 0 saturated carbocycles. The average molecular weight is 419 g/mol. The molecule has 1 unspecified atom stereocenters. The van der Waals surface area contributed by atoms with Crippen LogP contribution in [0.4, 0.5) is 0 Å². The third-order valence-electron chi connectivity index (χ3n) is 5.68. The van der Waals surface area contributed by atoms with Crippen molar-refractivity contribution in [1.82, 2.24) is 19.9 Å². The number of piperidine rings is 1. The summed E-state index contributed by atoms with van der Waals surface area (Å²) in [5, 5.41) is 1.11. The van der Waals surface area contributed by atoms with Gasteiger partial charge in [0.1, 0.15) is 5.69 Å². The van der Waals surface area contributed by atoms with Crippen molar-refractivity contribution in [3.8, 4) is 0 Å². The molecule has 0 aliphatic carbocycles. The molecule has 0 radical (unpaired) electrons. The van der Waals surface area contributed by atoms with Crippen molar-refractivity contribution >= 4 is 38.5 Å². The summed E-state index contributed by atoms with van der Waals surface area (Å²) in [5.74, 6) is 0.359. The van der Waals surface area contributed by atoms with E-state index in [9.17, 15) is 9.59 Å². The molecule has 0 spiro atoms. The maximum Gasteiger partial charge on any atom is 0.270 e. The molecule has 0 bridgehead atoms. The molecule has 1 aliphatic rings. The van der Waals surface area contributed by atoms with Gasteiger partial charge in [-0.25, -0.2) is 9.97 Å². The van der Waals surface area contributed by atoms with Crippen LogP contribution in [0.3, 0.4) is 0 Å². The Morgan fingerprint density at radius 3 is 2.77 bits per heavy atom. The Labute approximate surface area is 177 Å². The summed E-state index contributed by atoms with van der Waals surface area (Å²) < 4.78 is 1.19. The first kappa shape index (κ1) is 18.9. The molecular formula is C23H22N4O2S. The highest BCUT2D eigenvalue weighted by Crippen LogP contribution is 2.33. The number of carbonyl (C=O) groups excluding carboxylic acids is 1. The Bertz CT molecular complexity index is 1250. The number of carbonyl (C=O) groups is 1. The topological polar surface area (TPSA) is 79.0 Å². The van der Waals surface area contributed by atoms with E-state index in [-0.39, 0.29) is 17.4 Å². The second kappa shape index (κ2) is 7.99. The van der Waals surface area contributed by atoms with Gasteiger partial charge in [0, 0.05) is 31.8 Å². The number of aromatic amines is 1. The Morgan fingerprint density at radius 1 is 1.10 bits per heavy atom. The predicted molar refractivity (Wildman–Crippen MR) is 119 cm³/mol. The van der Waals surface area contributed by atoms with Crippen molar-refractivity contribution in [2.24, 2.45) is 0 Å². The number of nitrogens with zero attached hydrogens (tertiary/aromatic N) is 3. The molecular weight excluding hydrogens is 396 g/mol. The largest absolute Gasteiger partial charge is 0.342 e. The molecule has 7 heteroatoms. The highest BCUT2D eigenvalue weighted by atomic mass is 32.1. The molecule has 3 heterocycles. The lowest BCUT2D eigenvalue weighted by molar-refractivity contribution is -0.132. The number of nitrogens with one attached hydrogen (secondary N) is 1. The summed E-state index contributed by atoms with van der Waals surface area (Å²) in [4.78, 5) is 39.2. The van der Waals surface area contributed by atoms with E-state index in [0.717, 1.165) is 35.4 Å². The van der Waals surface area contributed by atoms with Crippen molar-refractivity contribution in [2.45, 2.75) is 31.6 Å². The lowest BCUT2D eigenvalue weighted by atomic mass is 9.98. The van der Waals surface area contributed by atoms with Gasteiger partial charge in [0.2, 0.25) is 5.91 Å². The number of benzene rings is 2. The lowest BCUT2D eigenvalue weighted by Gasteiger charge is -2.32. The fraction of sp³-hybridized carbons (Fsp3) is 0.304. The van der Waals surface area contributed by atoms with Gasteiger partial charge < -0.3 is 9.88 Å². The number of likely N-dealkylation sites (tertiary alicyclic amines) is 1. The van der Waals surface area contributed by atoms with Crippen LogP contribution >= 0.6 is 11.3 Å². The van der Waals surface area contributed by atoms with Crippen LogP contribution in [0.1, 0.15) is 35.9 Å². The standard InChI is InChI=1S/C23H22N4O2S/c28-21(12-11-19-22(29)25-17-8-2-1-7-16(17)24-19)27-13-5-6-15(14-27)23-26-18-9-3-4-10-20(18)30-23/h1-4,7-10,15H,5-6,11-14H2,(H,25,29). The zero-order chi connectivity index (χ0) is 20.5. The Balaban J connectivity index is 1.27. The molecule has 152 valence electrons. The van der Waals surface area contributed by atoms with Crippen LogP contribution in [0.5, 0.6) is 0 Å². The van der Waals surface area contributed by atoms with Gasteiger partial charge in [-0.2, -0.15) is 0 Å². The van der Waals surface area contributed by atoms with Crippen LogP contribution in [-0.4, -0.2) is 38.8 Å². The summed E-state index contributed by atoms with van der Waals surface area (Å²) >= 11 is 1.73. The number of amides is 1. The number of fused-ring (bicyclic) bond motifs is 2. The number of hydrogen-bond acceptors (Lipinski definition) is 5. The molecule has 1 N–H and O–H groups in total. The lowest BCUT2D eigenvalue weighted by Crippen LogP contribution is -2.39. The quantitative estimate of drug-likeness (QED) is 0.546. The van der Waals surface area contributed by atoms with Crippen LogP contribution in [0.25, 0.3) is 21.3 Å². The van der Waals surface area contributed by atoms with Gasteiger partial charge in [-0.1, -0.05) is 24.3 Å². The number of hydrogen-bond donors (Lipinski definition) is 1. The van der Waals surface area contributed by atoms with Crippen molar-refractivity contribution in [2.75, 3.05) is 13.1 Å². The zero-order valence-corrected chi connectivity index (χ0v) is 17.3. The van der Waals surface area contributed by atoms with E-state index in [2.05, 4.69) is 16.0 Å². The smallest absolute Gasteiger partial charge is 0.270 e. The van der Waals surface area contributed by atoms with Crippen molar-refractivity contribution < 1.29 is 4.79 Å². The molecule has 1 fully saturated rings. The highest BCUT2D eigenvalue weighted by molar-refractivity contribution is 7.18. The first-order valence-corrected chi connectivity index (χ1v) is 11.1. The molecule has 2 aromatic carbocycles. The number of thiazole rings is 1. The van der Waals surface area contributed by atoms with E-state index in [4.69, 9.17) is 4.98 Å². The Morgan fingerprint density at radius 2 is 1.90 bits per heavy atom. The van der Waals surface area contributed by atoms with Crippen LogP contribution in [-0.2, 0) is 11.2 Å². The van der Waals surface area contributed by atoms with Crippen LogP contribution < -0.4 is 5.56 Å². The van der Waals surface area contributed by atoms with E-state index in [1.165, 1.54) is 4.70 Å². The molecule has 2 aromatic heterocycles. The van der Waals surface area contributed by atoms with Gasteiger partial charge in [-0.3, -0.25) is 9.59 Å². The molecule has 30 heavy (non-hydrogen) atoms. The number of H-pyrrole nitrogens is 1. The first-order valence-electron chi connectivity index (χ1n) is 10.3. The van der Waals surface area contributed by atoms with Gasteiger partial charge in [0.15, 0.2) is 0 Å². The summed E-state index contributed by atoms with van der Waals surface area (Å²) in [6.07, 6.45) is 2.67. The minimum Gasteiger partial charge on any atom is -0.342 e. The van der Waals surface area contributed by atoms with E-state index >= 15 is 0 Å². The molecule has 1 atom stereocenters. The molecule has 6 nitrogen and oxygen atoms in total. The van der Waals surface area contributed by atoms with E-state index < -0.39 is 0 Å². The number of para-hydroxylation sites is 3. The van der Waals surface area contributed by atoms with E-state index in [1.807, 2.05) is 47.4 Å². The highest BCUT2D eigenvalue weighted by Gasteiger charge is 2.27. The number of aromatic nitrogens is 3. The Hall–Kier alpha value is -3.06. The third kappa shape index (κ3) is 3.73. The maximum absolute atomic E-state index is 12.9. The number of aryl methyl sites for hydroxylation is 1. The predicted octanol–water partition coefficient (Wildman–Crippen LogP) is 3.87. The maximum atomic E-state index is 12.9. The fourth-order valence-electron chi connectivity index (χ4n) is 4.09. The second-order valence-electron chi connectivity index (χ2n) is 7.73. The SMILES string of the molecule is O=C(CCc1nc2ccccc2[nH]c1=O)N1CCCC(c2nc3ccccc3s2)C1. The summed E-state index contributed by atoms with van der Waals surface area (Å²) in [6, 6.07) is 15.6. The molecule has 4 aromatic rings. The number of rotatable bonds is 4. The van der Waals surface area contributed by atoms with Crippen LogP contribution in [0.2, 0.25) is 0 Å². The summed E-state index contributed by atoms with van der Waals surface area (Å²) in [5.41, 5.74) is 2.69. The van der Waals surface area contributed by atoms with Crippen molar-refractivity contribution in [1.29, 1.82) is 0 Å². The van der Waals surface area contributed by atoms with Crippen LogP contribution in [0.15, 0.2) is 53.3 Å². The summed E-state index contributed by atoms with van der Waals surface area (Å²) in [6.45, 7) is 1.46. The van der Waals surface area contributed by atoms with Gasteiger partial charge in [-0.05, 0) is 37.1 Å². The van der Waals surface area contributed by atoms with E-state index in [0.29, 0.717) is 30.6 Å². The zero-order valence-electron chi connectivity index (χ0n) is 16.5. The first-order chi connectivity index (χ1) is 14.7. The Kier molecular flexibility index (Phi) is 5.04. The minimum atomic E-state index is -0.215. The molecule has 5 rings (SSSR count). The minimum absolute atomic E-state index is 0.0789. The summed E-state index contributed by atoms with van der Waals surface area (Å²) in [7, 11) is 0. The monoisotopic (exact) mass is 418 g/mol. The van der Waals surface area contributed by atoms with Gasteiger partial charge in [0.25, 0.3) is 5.56 Å². The van der Waals surface area contributed by atoms with Crippen molar-refractivity contribution in [3.05, 3.63) is 69.6 Å². The third-order valence-corrected chi connectivity index (χ3v) is 6.88.